The standard InChI is InChI=1S/C13H23N5S.HI/c1-13(2,3)11-18-17-10(19-11)8-15-12(14)16-9-6-4-5-7-9;/h9H,4-8H2,1-3H3,(H3,14,15,16);1H. The molecule has 0 unspecified atom stereocenters. The van der Waals surface area contributed by atoms with E-state index in [-0.39, 0.29) is 29.4 Å². The lowest BCUT2D eigenvalue weighted by Crippen LogP contribution is -2.38. The van der Waals surface area contributed by atoms with Gasteiger partial charge in [0.2, 0.25) is 0 Å². The molecule has 1 saturated carbocycles. The van der Waals surface area contributed by atoms with E-state index in [1.165, 1.54) is 25.7 Å². The summed E-state index contributed by atoms with van der Waals surface area (Å²) in [6.07, 6.45) is 4.97. The van der Waals surface area contributed by atoms with Crippen LogP contribution in [-0.2, 0) is 12.0 Å². The number of nitrogens with two attached hydrogens (primary N) is 1. The Morgan fingerprint density at radius 1 is 1.35 bits per heavy atom. The van der Waals surface area contributed by atoms with Crippen LogP contribution in [0.5, 0.6) is 0 Å². The zero-order chi connectivity index (χ0) is 13.9. The van der Waals surface area contributed by atoms with E-state index in [0.29, 0.717) is 18.5 Å². The van der Waals surface area contributed by atoms with E-state index in [9.17, 15) is 0 Å². The molecule has 114 valence electrons. The first kappa shape index (κ1) is 17.6. The van der Waals surface area contributed by atoms with Crippen LogP contribution in [0.25, 0.3) is 0 Å². The Hall–Kier alpha value is -0.440. The van der Waals surface area contributed by atoms with Gasteiger partial charge < -0.3 is 11.1 Å². The minimum absolute atomic E-state index is 0. The van der Waals surface area contributed by atoms with Crippen LogP contribution in [0.1, 0.15) is 56.5 Å². The second kappa shape index (κ2) is 7.53. The Balaban J connectivity index is 0.00000200. The van der Waals surface area contributed by atoms with Crippen molar-refractivity contribution in [3.63, 3.8) is 0 Å². The first-order chi connectivity index (χ1) is 8.95. The molecule has 1 heterocycles. The first-order valence-electron chi connectivity index (χ1n) is 6.84. The average Bonchev–Trinajstić information content (AvgIpc) is 2.95. The van der Waals surface area contributed by atoms with E-state index >= 15 is 0 Å². The highest BCUT2D eigenvalue weighted by atomic mass is 127. The molecule has 1 fully saturated rings. The number of aliphatic imine (C=N–C) groups is 1. The van der Waals surface area contributed by atoms with E-state index in [0.717, 1.165) is 10.0 Å². The number of halogens is 1. The molecule has 7 heteroatoms. The lowest BCUT2D eigenvalue weighted by Gasteiger charge is -2.12. The van der Waals surface area contributed by atoms with E-state index in [2.05, 4.69) is 41.3 Å². The van der Waals surface area contributed by atoms with Gasteiger partial charge in [0.25, 0.3) is 0 Å². The molecule has 0 amide bonds. The summed E-state index contributed by atoms with van der Waals surface area (Å²) in [6.45, 7) is 6.92. The fraction of sp³-hybridized carbons (Fsp3) is 0.769. The van der Waals surface area contributed by atoms with Crippen molar-refractivity contribution < 1.29 is 0 Å². The van der Waals surface area contributed by atoms with Crippen LogP contribution in [0.3, 0.4) is 0 Å². The Morgan fingerprint density at radius 3 is 2.55 bits per heavy atom. The quantitative estimate of drug-likeness (QED) is 0.457. The summed E-state index contributed by atoms with van der Waals surface area (Å²) in [5.41, 5.74) is 5.94. The van der Waals surface area contributed by atoms with E-state index in [1.807, 2.05) is 0 Å². The number of hydrogen-bond acceptors (Lipinski definition) is 4. The summed E-state index contributed by atoms with van der Waals surface area (Å²) < 4.78 is 0. The highest BCUT2D eigenvalue weighted by Gasteiger charge is 2.19. The highest BCUT2D eigenvalue weighted by molar-refractivity contribution is 14.0. The molecular weight excluding hydrogens is 385 g/mol. The van der Waals surface area contributed by atoms with Crippen LogP contribution in [0.15, 0.2) is 4.99 Å². The van der Waals surface area contributed by atoms with Gasteiger partial charge in [0.05, 0.1) is 6.54 Å². The smallest absolute Gasteiger partial charge is 0.189 e. The van der Waals surface area contributed by atoms with Gasteiger partial charge in [-0.15, -0.1) is 34.2 Å². The molecule has 2 rings (SSSR count). The van der Waals surface area contributed by atoms with E-state index in [4.69, 9.17) is 5.73 Å². The van der Waals surface area contributed by atoms with Gasteiger partial charge in [-0.2, -0.15) is 0 Å². The Bertz CT molecular complexity index is 446. The predicted octanol–water partition coefficient (Wildman–Crippen LogP) is 2.80. The van der Waals surface area contributed by atoms with Crippen LogP contribution in [0.4, 0.5) is 0 Å². The third kappa shape index (κ3) is 5.16. The van der Waals surface area contributed by atoms with Crippen LogP contribution >= 0.6 is 35.3 Å². The minimum atomic E-state index is 0. The molecule has 5 nitrogen and oxygen atoms in total. The van der Waals surface area contributed by atoms with Crippen molar-refractivity contribution in [1.82, 2.24) is 15.5 Å². The molecule has 1 aromatic rings. The van der Waals surface area contributed by atoms with E-state index in [1.54, 1.807) is 11.3 Å². The molecule has 1 aliphatic rings. The second-order valence-corrected chi connectivity index (χ2v) is 7.14. The van der Waals surface area contributed by atoms with Crippen molar-refractivity contribution in [3.8, 4) is 0 Å². The monoisotopic (exact) mass is 409 g/mol. The van der Waals surface area contributed by atoms with Gasteiger partial charge in [-0.05, 0) is 12.8 Å². The van der Waals surface area contributed by atoms with Gasteiger partial charge >= 0.3 is 0 Å². The Labute approximate surface area is 141 Å². The second-order valence-electron chi connectivity index (χ2n) is 6.08. The number of aromatic nitrogens is 2. The third-order valence-corrected chi connectivity index (χ3v) is 4.53. The zero-order valence-corrected chi connectivity index (χ0v) is 15.5. The molecule has 0 spiro atoms. The van der Waals surface area contributed by atoms with Crippen molar-refractivity contribution in [1.29, 1.82) is 0 Å². The molecule has 0 bridgehead atoms. The van der Waals surface area contributed by atoms with Gasteiger partial charge in [0.1, 0.15) is 10.0 Å². The summed E-state index contributed by atoms with van der Waals surface area (Å²) >= 11 is 1.61. The largest absolute Gasteiger partial charge is 0.370 e. The van der Waals surface area contributed by atoms with Crippen LogP contribution < -0.4 is 11.1 Å². The molecule has 0 aromatic carbocycles. The minimum Gasteiger partial charge on any atom is -0.370 e. The molecule has 0 aliphatic heterocycles. The summed E-state index contributed by atoms with van der Waals surface area (Å²) in [7, 11) is 0. The predicted molar refractivity (Wildman–Crippen MR) is 94.7 cm³/mol. The molecule has 3 N–H and O–H groups in total. The van der Waals surface area contributed by atoms with Gasteiger partial charge in [0, 0.05) is 11.5 Å². The molecule has 0 saturated heterocycles. The molecule has 1 aliphatic carbocycles. The normalized spacial score (nSPS) is 17.1. The summed E-state index contributed by atoms with van der Waals surface area (Å²) in [5.74, 6) is 0.527. The van der Waals surface area contributed by atoms with Crippen molar-refractivity contribution in [2.75, 3.05) is 0 Å². The van der Waals surface area contributed by atoms with Crippen molar-refractivity contribution in [2.24, 2.45) is 10.7 Å². The number of nitrogens with zero attached hydrogens (tertiary/aromatic N) is 3. The molecule has 1 aromatic heterocycles. The van der Waals surface area contributed by atoms with Crippen LogP contribution in [0.2, 0.25) is 0 Å². The number of nitrogens with one attached hydrogen (secondary N) is 1. The molecule has 0 atom stereocenters. The average molecular weight is 409 g/mol. The van der Waals surface area contributed by atoms with Gasteiger partial charge in [-0.3, -0.25) is 0 Å². The molecular formula is C13H24IN5S. The van der Waals surface area contributed by atoms with Crippen LogP contribution in [-0.4, -0.2) is 22.2 Å². The fourth-order valence-electron chi connectivity index (χ4n) is 2.10. The topological polar surface area (TPSA) is 76.2 Å². The third-order valence-electron chi connectivity index (χ3n) is 3.20. The maximum absolute atomic E-state index is 5.89. The summed E-state index contributed by atoms with van der Waals surface area (Å²) in [4.78, 5) is 4.34. The highest BCUT2D eigenvalue weighted by Crippen LogP contribution is 2.25. The van der Waals surface area contributed by atoms with Crippen molar-refractivity contribution in [2.45, 2.75) is 64.5 Å². The van der Waals surface area contributed by atoms with Crippen molar-refractivity contribution >= 4 is 41.3 Å². The van der Waals surface area contributed by atoms with Gasteiger partial charge in [-0.1, -0.05) is 44.9 Å². The van der Waals surface area contributed by atoms with Crippen molar-refractivity contribution in [3.05, 3.63) is 10.0 Å². The molecule has 20 heavy (non-hydrogen) atoms. The summed E-state index contributed by atoms with van der Waals surface area (Å²) in [6, 6.07) is 0.503. The van der Waals surface area contributed by atoms with E-state index < -0.39 is 0 Å². The maximum Gasteiger partial charge on any atom is 0.189 e. The number of guanidine groups is 1. The lowest BCUT2D eigenvalue weighted by atomic mass is 9.98. The SMILES string of the molecule is CC(C)(C)c1nnc(CN=C(N)NC2CCCC2)s1.I. The zero-order valence-electron chi connectivity index (χ0n) is 12.3. The Morgan fingerprint density at radius 2 is 2.00 bits per heavy atom. The first-order valence-corrected chi connectivity index (χ1v) is 7.66. The maximum atomic E-state index is 5.89. The van der Waals surface area contributed by atoms with Gasteiger partial charge in [0.15, 0.2) is 5.96 Å². The van der Waals surface area contributed by atoms with Crippen LogP contribution in [0, 0.1) is 0 Å². The lowest BCUT2D eigenvalue weighted by molar-refractivity contribution is 0.577. The fourth-order valence-corrected chi connectivity index (χ4v) is 2.92. The summed E-state index contributed by atoms with van der Waals surface area (Å²) in [5, 5.41) is 13.6. The Kier molecular flexibility index (Phi) is 6.63. The van der Waals surface area contributed by atoms with Gasteiger partial charge in [-0.25, -0.2) is 4.99 Å². The number of hydrogen-bond donors (Lipinski definition) is 2. The number of rotatable bonds is 3. The molecule has 0 radical (unpaired) electrons.